The van der Waals surface area contributed by atoms with E-state index in [9.17, 15) is 9.59 Å². The van der Waals surface area contributed by atoms with Crippen LogP contribution in [0.4, 0.5) is 0 Å². The van der Waals surface area contributed by atoms with Gasteiger partial charge in [-0.05, 0) is 37.6 Å². The molecule has 4 aromatic rings. The lowest BCUT2D eigenvalue weighted by Crippen LogP contribution is -2.39. The van der Waals surface area contributed by atoms with Gasteiger partial charge in [-0.2, -0.15) is 5.10 Å². The summed E-state index contributed by atoms with van der Waals surface area (Å²) in [5, 5.41) is 4.97. The summed E-state index contributed by atoms with van der Waals surface area (Å²) in [4.78, 5) is 31.5. The van der Waals surface area contributed by atoms with Crippen molar-refractivity contribution in [1.29, 1.82) is 0 Å². The van der Waals surface area contributed by atoms with E-state index in [1.807, 2.05) is 67.6 Å². The van der Waals surface area contributed by atoms with Gasteiger partial charge >= 0.3 is 5.97 Å². The predicted octanol–water partition coefficient (Wildman–Crippen LogP) is 3.56. The Hall–Kier alpha value is -3.75. The number of benzene rings is 2. The number of halogens is 1. The highest BCUT2D eigenvalue weighted by atomic mass is 35.5. The normalized spacial score (nSPS) is 15.7. The quantitative estimate of drug-likeness (QED) is 0.398. The predicted molar refractivity (Wildman–Crippen MR) is 136 cm³/mol. The molecule has 0 N–H and O–H groups in total. The number of carbonyl (C=O) groups excluding carboxylic acids is 1. The van der Waals surface area contributed by atoms with Crippen LogP contribution in [0.2, 0.25) is 5.15 Å². The van der Waals surface area contributed by atoms with Crippen LogP contribution in [0, 0.1) is 6.92 Å². The van der Waals surface area contributed by atoms with E-state index < -0.39 is 12.0 Å². The van der Waals surface area contributed by atoms with Gasteiger partial charge in [-0.25, -0.2) is 14.5 Å². The topological polar surface area (TPSA) is 78.5 Å². The first kappa shape index (κ1) is 23.0. The molecule has 0 saturated carbocycles. The summed E-state index contributed by atoms with van der Waals surface area (Å²) in [6, 6.07) is 18.3. The van der Waals surface area contributed by atoms with Crippen LogP contribution in [0.15, 0.2) is 81.7 Å². The second-order valence-electron chi connectivity index (χ2n) is 8.02. The third-order valence-electron chi connectivity index (χ3n) is 5.87. The van der Waals surface area contributed by atoms with E-state index in [0.29, 0.717) is 37.0 Å². The molecule has 1 aliphatic heterocycles. The van der Waals surface area contributed by atoms with Crippen molar-refractivity contribution in [3.8, 4) is 5.69 Å². The Balaban J connectivity index is 1.72. The molecule has 1 atom stereocenters. The van der Waals surface area contributed by atoms with E-state index in [0.717, 1.165) is 11.3 Å². The molecule has 35 heavy (non-hydrogen) atoms. The standard InChI is InChI=1S/C26H21ClN4O3S/c1-15-19(23(27)31(29-15)18-12-8-5-9-13-18)14-20-24(32)30-22(17-10-6-4-7-11-17)21(25(33)34-3)16(2)28-26(30)35-20/h4-14,22H,1-3H3/b20-14-/t22-/m0/s1. The summed E-state index contributed by atoms with van der Waals surface area (Å²) < 4.78 is 8.68. The maximum absolute atomic E-state index is 13.7. The Morgan fingerprint density at radius 1 is 1.09 bits per heavy atom. The lowest BCUT2D eigenvalue weighted by Gasteiger charge is -2.24. The zero-order valence-corrected chi connectivity index (χ0v) is 20.8. The number of thiazole rings is 1. The number of rotatable bonds is 4. The van der Waals surface area contributed by atoms with Gasteiger partial charge in [0.1, 0.15) is 5.15 Å². The third kappa shape index (κ3) is 3.94. The number of esters is 1. The summed E-state index contributed by atoms with van der Waals surface area (Å²) in [6.07, 6.45) is 1.74. The second kappa shape index (κ2) is 9.13. The number of aryl methyl sites for hydroxylation is 1. The number of hydrogen-bond donors (Lipinski definition) is 0. The van der Waals surface area contributed by atoms with E-state index in [-0.39, 0.29) is 5.56 Å². The first-order chi connectivity index (χ1) is 16.9. The van der Waals surface area contributed by atoms with Crippen molar-refractivity contribution < 1.29 is 9.53 Å². The number of allylic oxidation sites excluding steroid dienone is 1. The van der Waals surface area contributed by atoms with Crippen molar-refractivity contribution in [3.05, 3.63) is 114 Å². The van der Waals surface area contributed by atoms with Gasteiger partial charge in [-0.15, -0.1) is 0 Å². The maximum atomic E-state index is 13.7. The SMILES string of the molecule is COC(=O)C1=C(C)N=c2s/c(=C\c3c(C)nn(-c4ccccc4)c3Cl)c(=O)n2[C@H]1c1ccccc1. The van der Waals surface area contributed by atoms with Crippen molar-refractivity contribution in [2.24, 2.45) is 4.99 Å². The van der Waals surface area contributed by atoms with Gasteiger partial charge in [-0.1, -0.05) is 71.5 Å². The fourth-order valence-corrected chi connectivity index (χ4v) is 5.54. The molecular formula is C26H21ClN4O3S. The molecule has 0 aliphatic carbocycles. The van der Waals surface area contributed by atoms with Gasteiger partial charge in [0.05, 0.1) is 40.3 Å². The van der Waals surface area contributed by atoms with Crippen LogP contribution < -0.4 is 14.9 Å². The zero-order valence-electron chi connectivity index (χ0n) is 19.2. The van der Waals surface area contributed by atoms with Crippen LogP contribution in [-0.4, -0.2) is 27.4 Å². The molecule has 7 nitrogen and oxygen atoms in total. The molecular weight excluding hydrogens is 484 g/mol. The molecule has 176 valence electrons. The number of hydrogen-bond acceptors (Lipinski definition) is 6. The summed E-state index contributed by atoms with van der Waals surface area (Å²) >= 11 is 7.95. The smallest absolute Gasteiger partial charge is 0.338 e. The Bertz CT molecular complexity index is 1650. The van der Waals surface area contributed by atoms with Gasteiger partial charge < -0.3 is 4.74 Å². The summed E-state index contributed by atoms with van der Waals surface area (Å²) in [7, 11) is 1.32. The highest BCUT2D eigenvalue weighted by Gasteiger charge is 2.33. The summed E-state index contributed by atoms with van der Waals surface area (Å²) in [5.74, 6) is -0.516. The molecule has 3 heterocycles. The fourth-order valence-electron chi connectivity index (χ4n) is 4.19. The van der Waals surface area contributed by atoms with Crippen LogP contribution in [-0.2, 0) is 9.53 Å². The van der Waals surface area contributed by atoms with E-state index in [1.165, 1.54) is 18.4 Å². The van der Waals surface area contributed by atoms with Crippen LogP contribution in [0.25, 0.3) is 11.8 Å². The molecule has 5 rings (SSSR count). The minimum atomic E-state index is -0.648. The molecule has 0 saturated heterocycles. The Morgan fingerprint density at radius 2 is 1.74 bits per heavy atom. The third-order valence-corrected chi connectivity index (χ3v) is 7.21. The van der Waals surface area contributed by atoms with Crippen molar-refractivity contribution in [2.75, 3.05) is 7.11 Å². The molecule has 0 bridgehead atoms. The molecule has 0 unspecified atom stereocenters. The van der Waals surface area contributed by atoms with Crippen molar-refractivity contribution in [3.63, 3.8) is 0 Å². The summed E-state index contributed by atoms with van der Waals surface area (Å²) in [5.41, 5.74) is 3.55. The van der Waals surface area contributed by atoms with Crippen molar-refractivity contribution in [2.45, 2.75) is 19.9 Å². The van der Waals surface area contributed by atoms with E-state index in [1.54, 1.807) is 22.2 Å². The molecule has 9 heteroatoms. The van der Waals surface area contributed by atoms with Gasteiger partial charge in [-0.3, -0.25) is 9.36 Å². The monoisotopic (exact) mass is 504 g/mol. The number of ether oxygens (including phenoxy) is 1. The van der Waals surface area contributed by atoms with Crippen molar-refractivity contribution >= 4 is 35.0 Å². The number of aromatic nitrogens is 3. The van der Waals surface area contributed by atoms with Crippen LogP contribution in [0.3, 0.4) is 0 Å². The van der Waals surface area contributed by atoms with Crippen LogP contribution in [0.1, 0.15) is 29.8 Å². The van der Waals surface area contributed by atoms with Crippen LogP contribution in [0.5, 0.6) is 0 Å². The highest BCUT2D eigenvalue weighted by Crippen LogP contribution is 2.30. The molecule has 0 spiro atoms. The fraction of sp³-hybridized carbons (Fsp3) is 0.154. The first-order valence-electron chi connectivity index (χ1n) is 10.9. The van der Waals surface area contributed by atoms with Crippen molar-refractivity contribution in [1.82, 2.24) is 14.3 Å². The average molecular weight is 505 g/mol. The first-order valence-corrected chi connectivity index (χ1v) is 12.1. The zero-order chi connectivity index (χ0) is 24.7. The Labute approximate surface area is 209 Å². The molecule has 1 aliphatic rings. The van der Waals surface area contributed by atoms with E-state index in [4.69, 9.17) is 16.3 Å². The number of methoxy groups -OCH3 is 1. The highest BCUT2D eigenvalue weighted by molar-refractivity contribution is 7.07. The second-order valence-corrected chi connectivity index (χ2v) is 9.39. The van der Waals surface area contributed by atoms with Gasteiger partial charge in [0.15, 0.2) is 4.80 Å². The molecule has 0 amide bonds. The minimum absolute atomic E-state index is 0.264. The molecule has 0 fully saturated rings. The lowest BCUT2D eigenvalue weighted by molar-refractivity contribution is -0.136. The molecule has 0 radical (unpaired) electrons. The van der Waals surface area contributed by atoms with Gasteiger partial charge in [0, 0.05) is 5.56 Å². The van der Waals surface area contributed by atoms with Crippen LogP contribution >= 0.6 is 22.9 Å². The maximum Gasteiger partial charge on any atom is 0.338 e. The lowest BCUT2D eigenvalue weighted by atomic mass is 9.96. The van der Waals surface area contributed by atoms with Gasteiger partial charge in [0.25, 0.3) is 5.56 Å². The minimum Gasteiger partial charge on any atom is -0.466 e. The Morgan fingerprint density at radius 3 is 2.40 bits per heavy atom. The number of nitrogens with zero attached hydrogens (tertiary/aromatic N) is 4. The van der Waals surface area contributed by atoms with E-state index in [2.05, 4.69) is 10.1 Å². The van der Waals surface area contributed by atoms with E-state index >= 15 is 0 Å². The number of carbonyl (C=O) groups is 1. The largest absolute Gasteiger partial charge is 0.466 e. The summed E-state index contributed by atoms with van der Waals surface area (Å²) in [6.45, 7) is 3.60. The molecule has 2 aromatic carbocycles. The molecule has 2 aromatic heterocycles. The Kier molecular flexibility index (Phi) is 6.00. The average Bonchev–Trinajstić information content (AvgIpc) is 3.34. The van der Waals surface area contributed by atoms with Gasteiger partial charge in [0.2, 0.25) is 0 Å². The number of fused-ring (bicyclic) bond motifs is 1. The number of para-hydroxylation sites is 1.